The van der Waals surface area contributed by atoms with Crippen LogP contribution in [0, 0.1) is 0 Å². The molecule has 0 fully saturated rings. The van der Waals surface area contributed by atoms with E-state index in [0.29, 0.717) is 6.54 Å². The Morgan fingerprint density at radius 3 is 2.59 bits per heavy atom. The van der Waals surface area contributed by atoms with Crippen molar-refractivity contribution in [1.82, 2.24) is 4.90 Å². The van der Waals surface area contributed by atoms with Gasteiger partial charge in [-0.05, 0) is 19.4 Å². The van der Waals surface area contributed by atoms with Crippen LogP contribution >= 0.6 is 0 Å². The lowest BCUT2D eigenvalue weighted by molar-refractivity contribution is -0.149. The SMILES string of the molecule is CCN([C]=O)C(C)C(=O)OCc1ccccc1. The van der Waals surface area contributed by atoms with Crippen LogP contribution in [0.15, 0.2) is 30.3 Å². The van der Waals surface area contributed by atoms with Crippen LogP contribution in [-0.2, 0) is 20.9 Å². The number of esters is 1. The molecule has 0 aliphatic heterocycles. The molecule has 1 amide bonds. The first-order valence-electron chi connectivity index (χ1n) is 5.54. The third-order valence-corrected chi connectivity index (χ3v) is 2.49. The smallest absolute Gasteiger partial charge is 0.328 e. The summed E-state index contributed by atoms with van der Waals surface area (Å²) in [7, 11) is 0. The number of hydrogen-bond acceptors (Lipinski definition) is 3. The minimum Gasteiger partial charge on any atom is -0.459 e. The van der Waals surface area contributed by atoms with Gasteiger partial charge in [0.05, 0.1) is 0 Å². The predicted octanol–water partition coefficient (Wildman–Crippen LogP) is 1.51. The average Bonchev–Trinajstić information content (AvgIpc) is 2.38. The van der Waals surface area contributed by atoms with Gasteiger partial charge in [-0.25, -0.2) is 4.79 Å². The van der Waals surface area contributed by atoms with Gasteiger partial charge < -0.3 is 9.64 Å². The molecular formula is C13H16NO3. The van der Waals surface area contributed by atoms with E-state index in [9.17, 15) is 9.59 Å². The normalized spacial score (nSPS) is 11.6. The quantitative estimate of drug-likeness (QED) is 0.553. The van der Waals surface area contributed by atoms with E-state index in [0.717, 1.165) is 5.56 Å². The van der Waals surface area contributed by atoms with Gasteiger partial charge in [0.1, 0.15) is 12.6 Å². The van der Waals surface area contributed by atoms with E-state index in [4.69, 9.17) is 4.74 Å². The molecule has 1 aromatic carbocycles. The second-order valence-corrected chi connectivity index (χ2v) is 3.65. The fourth-order valence-corrected chi connectivity index (χ4v) is 1.39. The maximum atomic E-state index is 11.6. The van der Waals surface area contributed by atoms with E-state index in [1.165, 1.54) is 4.90 Å². The third kappa shape index (κ3) is 3.90. The summed E-state index contributed by atoms with van der Waals surface area (Å²) in [6.07, 6.45) is 1.71. The molecule has 91 valence electrons. The lowest BCUT2D eigenvalue weighted by Crippen LogP contribution is -2.38. The van der Waals surface area contributed by atoms with Crippen molar-refractivity contribution in [3.05, 3.63) is 35.9 Å². The van der Waals surface area contributed by atoms with Crippen molar-refractivity contribution >= 4 is 12.4 Å². The van der Waals surface area contributed by atoms with Crippen LogP contribution in [0.25, 0.3) is 0 Å². The number of carbonyl (C=O) groups is 1. The largest absolute Gasteiger partial charge is 0.459 e. The average molecular weight is 234 g/mol. The summed E-state index contributed by atoms with van der Waals surface area (Å²) < 4.78 is 5.12. The number of carbonyl (C=O) groups excluding carboxylic acids is 2. The minimum absolute atomic E-state index is 0.223. The number of rotatable bonds is 6. The Morgan fingerprint density at radius 1 is 1.41 bits per heavy atom. The summed E-state index contributed by atoms with van der Waals surface area (Å²) >= 11 is 0. The van der Waals surface area contributed by atoms with Gasteiger partial charge in [0.2, 0.25) is 0 Å². The highest BCUT2D eigenvalue weighted by atomic mass is 16.5. The molecule has 0 aliphatic rings. The summed E-state index contributed by atoms with van der Waals surface area (Å²) in [6, 6.07) is 8.81. The van der Waals surface area contributed by atoms with Gasteiger partial charge in [-0.3, -0.25) is 4.79 Å². The zero-order valence-corrected chi connectivity index (χ0v) is 10.1. The summed E-state index contributed by atoms with van der Waals surface area (Å²) in [5.41, 5.74) is 0.922. The van der Waals surface area contributed by atoms with Gasteiger partial charge in [-0.1, -0.05) is 30.3 Å². The van der Waals surface area contributed by atoms with Crippen molar-refractivity contribution in [2.45, 2.75) is 26.5 Å². The fraction of sp³-hybridized carbons (Fsp3) is 0.385. The number of nitrogens with zero attached hydrogens (tertiary/aromatic N) is 1. The van der Waals surface area contributed by atoms with Gasteiger partial charge >= 0.3 is 12.4 Å². The van der Waals surface area contributed by atoms with Gasteiger partial charge in [-0.15, -0.1) is 0 Å². The van der Waals surface area contributed by atoms with Gasteiger partial charge in [0.25, 0.3) is 0 Å². The molecule has 4 nitrogen and oxygen atoms in total. The van der Waals surface area contributed by atoms with Crippen molar-refractivity contribution in [3.63, 3.8) is 0 Å². The van der Waals surface area contributed by atoms with E-state index in [-0.39, 0.29) is 6.61 Å². The molecule has 0 aliphatic carbocycles. The third-order valence-electron chi connectivity index (χ3n) is 2.49. The first-order valence-corrected chi connectivity index (χ1v) is 5.54. The van der Waals surface area contributed by atoms with Crippen LogP contribution in [0.4, 0.5) is 0 Å². The number of benzene rings is 1. The lowest BCUT2D eigenvalue weighted by atomic mass is 10.2. The first kappa shape index (κ1) is 13.2. The Labute approximate surface area is 101 Å². The van der Waals surface area contributed by atoms with E-state index >= 15 is 0 Å². The molecule has 1 rings (SSSR count). The van der Waals surface area contributed by atoms with Crippen molar-refractivity contribution < 1.29 is 14.3 Å². The van der Waals surface area contributed by atoms with Crippen LogP contribution in [0.5, 0.6) is 0 Å². The molecule has 1 unspecified atom stereocenters. The molecule has 17 heavy (non-hydrogen) atoms. The maximum Gasteiger partial charge on any atom is 0.328 e. The number of ether oxygens (including phenoxy) is 1. The van der Waals surface area contributed by atoms with Gasteiger partial charge in [0.15, 0.2) is 0 Å². The van der Waals surface area contributed by atoms with Gasteiger partial charge in [-0.2, -0.15) is 0 Å². The second-order valence-electron chi connectivity index (χ2n) is 3.65. The number of likely N-dealkylation sites (N-methyl/N-ethyl adjacent to an activating group) is 1. The topological polar surface area (TPSA) is 46.6 Å². The minimum atomic E-state index is -0.596. The van der Waals surface area contributed by atoms with Crippen molar-refractivity contribution in [1.29, 1.82) is 0 Å². The van der Waals surface area contributed by atoms with Crippen LogP contribution in [0.2, 0.25) is 0 Å². The van der Waals surface area contributed by atoms with E-state index < -0.39 is 12.0 Å². The maximum absolute atomic E-state index is 11.6. The molecule has 0 spiro atoms. The zero-order chi connectivity index (χ0) is 12.7. The molecule has 0 aromatic heterocycles. The Bertz CT molecular complexity index is 364. The van der Waals surface area contributed by atoms with Crippen molar-refractivity contribution in [2.24, 2.45) is 0 Å². The molecular weight excluding hydrogens is 218 g/mol. The molecule has 1 atom stereocenters. The summed E-state index contributed by atoms with van der Waals surface area (Å²) in [5.74, 6) is -0.418. The van der Waals surface area contributed by atoms with Crippen molar-refractivity contribution in [3.8, 4) is 0 Å². The molecule has 1 aromatic rings. The monoisotopic (exact) mass is 234 g/mol. The molecule has 0 saturated carbocycles. The van der Waals surface area contributed by atoms with Crippen molar-refractivity contribution in [2.75, 3.05) is 6.54 Å². The second kappa shape index (κ2) is 6.68. The van der Waals surface area contributed by atoms with Crippen LogP contribution in [0.3, 0.4) is 0 Å². The molecule has 0 N–H and O–H groups in total. The zero-order valence-electron chi connectivity index (χ0n) is 10.1. The summed E-state index contributed by atoms with van der Waals surface area (Å²) in [6.45, 7) is 4.07. The Balaban J connectivity index is 2.47. The number of amides is 1. The number of hydrogen-bond donors (Lipinski definition) is 0. The van der Waals surface area contributed by atoms with Crippen LogP contribution < -0.4 is 0 Å². The Hall–Kier alpha value is -1.84. The highest BCUT2D eigenvalue weighted by Gasteiger charge is 2.20. The van der Waals surface area contributed by atoms with E-state index in [1.807, 2.05) is 30.3 Å². The van der Waals surface area contributed by atoms with Crippen LogP contribution in [-0.4, -0.2) is 29.9 Å². The predicted molar refractivity (Wildman–Crippen MR) is 63.8 cm³/mol. The first-order chi connectivity index (χ1) is 8.19. The Morgan fingerprint density at radius 2 is 2.06 bits per heavy atom. The molecule has 0 heterocycles. The van der Waals surface area contributed by atoms with E-state index in [1.54, 1.807) is 20.3 Å². The van der Waals surface area contributed by atoms with Crippen LogP contribution in [0.1, 0.15) is 19.4 Å². The molecule has 0 bridgehead atoms. The van der Waals surface area contributed by atoms with E-state index in [2.05, 4.69) is 0 Å². The highest BCUT2D eigenvalue weighted by molar-refractivity contribution is 5.77. The highest BCUT2D eigenvalue weighted by Crippen LogP contribution is 2.04. The van der Waals surface area contributed by atoms with Gasteiger partial charge in [0, 0.05) is 6.54 Å². The molecule has 4 heteroatoms. The molecule has 0 saturated heterocycles. The fourth-order valence-electron chi connectivity index (χ4n) is 1.39. The standard InChI is InChI=1S/C13H16NO3/c1-3-14(10-15)11(2)13(16)17-9-12-7-5-4-6-8-12/h4-8,11H,3,9H2,1-2H3. The summed E-state index contributed by atoms with van der Waals surface area (Å²) in [5, 5.41) is 0. The molecule has 1 radical (unpaired) electrons. The summed E-state index contributed by atoms with van der Waals surface area (Å²) in [4.78, 5) is 23.5. The Kier molecular flexibility index (Phi) is 5.20. The lowest BCUT2D eigenvalue weighted by Gasteiger charge is -2.20.